The molecule has 0 unspecified atom stereocenters. The quantitative estimate of drug-likeness (QED) is 0.727. The van der Waals surface area contributed by atoms with Crippen LogP contribution in [0, 0.1) is 0 Å². The summed E-state index contributed by atoms with van der Waals surface area (Å²) >= 11 is 0. The molecule has 1 aliphatic heterocycles. The van der Waals surface area contributed by atoms with Gasteiger partial charge in [0.15, 0.2) is 5.82 Å². The van der Waals surface area contributed by atoms with Crippen molar-refractivity contribution in [2.75, 3.05) is 18.4 Å². The fourth-order valence-corrected chi connectivity index (χ4v) is 3.22. The lowest BCUT2D eigenvalue weighted by Crippen LogP contribution is -2.27. The SMILES string of the molecule is O=C(c1ccc(NCc2nc(Cc3ccccc3)no2)cc1)N1CCCC1. The molecular formula is C21H22N4O2. The second-order valence-electron chi connectivity index (χ2n) is 6.70. The van der Waals surface area contributed by atoms with Gasteiger partial charge in [0.2, 0.25) is 5.89 Å². The van der Waals surface area contributed by atoms with Gasteiger partial charge in [0.1, 0.15) is 0 Å². The molecule has 3 aromatic rings. The van der Waals surface area contributed by atoms with Crippen molar-refractivity contribution in [1.29, 1.82) is 0 Å². The Hall–Kier alpha value is -3.15. The van der Waals surface area contributed by atoms with Crippen LogP contribution >= 0.6 is 0 Å². The summed E-state index contributed by atoms with van der Waals surface area (Å²) < 4.78 is 5.30. The van der Waals surface area contributed by atoms with Crippen LogP contribution in [0.1, 0.15) is 40.5 Å². The number of carbonyl (C=O) groups excluding carboxylic acids is 1. The highest BCUT2D eigenvalue weighted by atomic mass is 16.5. The molecule has 0 atom stereocenters. The van der Waals surface area contributed by atoms with Gasteiger partial charge < -0.3 is 14.7 Å². The van der Waals surface area contributed by atoms with Crippen molar-refractivity contribution in [3.63, 3.8) is 0 Å². The van der Waals surface area contributed by atoms with Crippen molar-refractivity contribution in [1.82, 2.24) is 15.0 Å². The van der Waals surface area contributed by atoms with E-state index in [0.29, 0.717) is 24.7 Å². The maximum Gasteiger partial charge on any atom is 0.253 e. The van der Waals surface area contributed by atoms with Crippen molar-refractivity contribution in [2.24, 2.45) is 0 Å². The summed E-state index contributed by atoms with van der Waals surface area (Å²) in [4.78, 5) is 18.7. The van der Waals surface area contributed by atoms with Crippen molar-refractivity contribution >= 4 is 11.6 Å². The van der Waals surface area contributed by atoms with Crippen molar-refractivity contribution in [3.8, 4) is 0 Å². The van der Waals surface area contributed by atoms with Crippen LogP contribution in [0.5, 0.6) is 0 Å². The molecule has 2 aromatic carbocycles. The van der Waals surface area contributed by atoms with Crippen LogP contribution < -0.4 is 5.32 Å². The van der Waals surface area contributed by atoms with E-state index in [0.717, 1.165) is 42.7 Å². The molecule has 6 nitrogen and oxygen atoms in total. The number of anilines is 1. The molecule has 6 heteroatoms. The van der Waals surface area contributed by atoms with Gasteiger partial charge in [-0.3, -0.25) is 4.79 Å². The van der Waals surface area contributed by atoms with Crippen LogP contribution in [0.2, 0.25) is 0 Å². The first-order valence-corrected chi connectivity index (χ1v) is 9.26. The molecule has 2 heterocycles. The molecule has 4 rings (SSSR count). The molecule has 138 valence electrons. The van der Waals surface area contributed by atoms with Gasteiger partial charge in [0.25, 0.3) is 5.91 Å². The Bertz CT molecular complexity index is 884. The van der Waals surface area contributed by atoms with E-state index in [4.69, 9.17) is 4.52 Å². The number of hydrogen-bond donors (Lipinski definition) is 1. The van der Waals surface area contributed by atoms with E-state index in [2.05, 4.69) is 15.5 Å². The number of aromatic nitrogens is 2. The van der Waals surface area contributed by atoms with Crippen LogP contribution in [0.4, 0.5) is 5.69 Å². The van der Waals surface area contributed by atoms with E-state index in [9.17, 15) is 4.79 Å². The Morgan fingerprint density at radius 1 is 1.04 bits per heavy atom. The first kappa shape index (κ1) is 17.3. The van der Waals surface area contributed by atoms with Crippen LogP contribution in [-0.2, 0) is 13.0 Å². The van der Waals surface area contributed by atoms with Gasteiger partial charge in [-0.25, -0.2) is 0 Å². The maximum atomic E-state index is 12.4. The van der Waals surface area contributed by atoms with Crippen LogP contribution in [0.15, 0.2) is 59.1 Å². The fourth-order valence-electron chi connectivity index (χ4n) is 3.22. The van der Waals surface area contributed by atoms with E-state index >= 15 is 0 Å². The van der Waals surface area contributed by atoms with Gasteiger partial charge in [0.05, 0.1) is 6.54 Å². The Labute approximate surface area is 158 Å². The smallest absolute Gasteiger partial charge is 0.253 e. The summed E-state index contributed by atoms with van der Waals surface area (Å²) in [7, 11) is 0. The van der Waals surface area contributed by atoms with Gasteiger partial charge in [-0.2, -0.15) is 4.98 Å². The topological polar surface area (TPSA) is 71.3 Å². The van der Waals surface area contributed by atoms with E-state index in [1.54, 1.807) is 0 Å². The monoisotopic (exact) mass is 362 g/mol. The third kappa shape index (κ3) is 4.34. The van der Waals surface area contributed by atoms with Crippen LogP contribution in [0.3, 0.4) is 0 Å². The summed E-state index contributed by atoms with van der Waals surface area (Å²) in [6.07, 6.45) is 2.85. The molecule has 1 amide bonds. The van der Waals surface area contributed by atoms with Crippen LogP contribution in [-0.4, -0.2) is 34.0 Å². The normalized spacial score (nSPS) is 13.7. The Morgan fingerprint density at radius 3 is 2.52 bits per heavy atom. The standard InChI is InChI=1S/C21H22N4O2/c26-21(25-12-4-5-13-25)17-8-10-18(11-9-17)22-15-20-23-19(24-27-20)14-16-6-2-1-3-7-16/h1-3,6-11,22H,4-5,12-15H2. The number of likely N-dealkylation sites (tertiary alicyclic amines) is 1. The number of hydrogen-bond acceptors (Lipinski definition) is 5. The second-order valence-corrected chi connectivity index (χ2v) is 6.70. The third-order valence-corrected chi connectivity index (χ3v) is 4.68. The van der Waals surface area contributed by atoms with Gasteiger partial charge in [-0.15, -0.1) is 0 Å². The number of rotatable bonds is 6. The summed E-state index contributed by atoms with van der Waals surface area (Å²) in [6, 6.07) is 17.6. The average molecular weight is 362 g/mol. The van der Waals surface area contributed by atoms with Gasteiger partial charge in [0, 0.05) is 30.8 Å². The molecule has 0 radical (unpaired) electrons. The van der Waals surface area contributed by atoms with E-state index in [-0.39, 0.29) is 5.91 Å². The molecule has 1 saturated heterocycles. The molecular weight excluding hydrogens is 340 g/mol. The Morgan fingerprint density at radius 2 is 1.78 bits per heavy atom. The highest BCUT2D eigenvalue weighted by Crippen LogP contribution is 2.16. The van der Waals surface area contributed by atoms with Crippen molar-refractivity contribution in [3.05, 3.63) is 77.4 Å². The predicted molar refractivity (Wildman–Crippen MR) is 102 cm³/mol. The minimum Gasteiger partial charge on any atom is -0.376 e. The number of nitrogens with zero attached hydrogens (tertiary/aromatic N) is 3. The first-order chi connectivity index (χ1) is 13.3. The number of carbonyl (C=O) groups is 1. The third-order valence-electron chi connectivity index (χ3n) is 4.68. The van der Waals surface area contributed by atoms with Crippen molar-refractivity contribution < 1.29 is 9.32 Å². The summed E-state index contributed by atoms with van der Waals surface area (Å²) in [5.74, 6) is 1.32. The van der Waals surface area contributed by atoms with Gasteiger partial charge >= 0.3 is 0 Å². The van der Waals surface area contributed by atoms with E-state index in [1.165, 1.54) is 0 Å². The maximum absolute atomic E-state index is 12.4. The molecule has 1 aromatic heterocycles. The van der Waals surface area contributed by atoms with Gasteiger partial charge in [-0.1, -0.05) is 35.5 Å². The molecule has 1 aliphatic rings. The Kier molecular flexibility index (Phi) is 5.14. The predicted octanol–water partition coefficient (Wildman–Crippen LogP) is 3.51. The lowest BCUT2D eigenvalue weighted by atomic mass is 10.1. The lowest BCUT2D eigenvalue weighted by molar-refractivity contribution is 0.0793. The largest absolute Gasteiger partial charge is 0.376 e. The molecule has 1 N–H and O–H groups in total. The second kappa shape index (κ2) is 8.03. The number of amides is 1. The molecule has 0 bridgehead atoms. The Balaban J connectivity index is 1.32. The summed E-state index contributed by atoms with van der Waals surface area (Å²) in [5, 5.41) is 7.28. The molecule has 1 fully saturated rings. The molecule has 27 heavy (non-hydrogen) atoms. The zero-order chi connectivity index (χ0) is 18.5. The fraction of sp³-hybridized carbons (Fsp3) is 0.286. The summed E-state index contributed by atoms with van der Waals surface area (Å²) in [6.45, 7) is 2.17. The minimum atomic E-state index is 0.113. The van der Waals surface area contributed by atoms with Crippen LogP contribution in [0.25, 0.3) is 0 Å². The highest BCUT2D eigenvalue weighted by Gasteiger charge is 2.19. The zero-order valence-electron chi connectivity index (χ0n) is 15.1. The van der Waals surface area contributed by atoms with Gasteiger partial charge in [-0.05, 0) is 42.7 Å². The number of nitrogens with one attached hydrogen (secondary N) is 1. The average Bonchev–Trinajstić information content (AvgIpc) is 3.39. The van der Waals surface area contributed by atoms with Crippen molar-refractivity contribution in [2.45, 2.75) is 25.8 Å². The highest BCUT2D eigenvalue weighted by molar-refractivity contribution is 5.94. The minimum absolute atomic E-state index is 0.113. The zero-order valence-corrected chi connectivity index (χ0v) is 15.1. The number of benzene rings is 2. The van der Waals surface area contributed by atoms with E-state index in [1.807, 2.05) is 59.5 Å². The molecule has 0 aliphatic carbocycles. The first-order valence-electron chi connectivity index (χ1n) is 9.26. The molecule has 0 spiro atoms. The summed E-state index contributed by atoms with van der Waals surface area (Å²) in [5.41, 5.74) is 2.79. The lowest BCUT2D eigenvalue weighted by Gasteiger charge is -2.15. The van der Waals surface area contributed by atoms with E-state index < -0.39 is 0 Å². The molecule has 0 saturated carbocycles.